The summed E-state index contributed by atoms with van der Waals surface area (Å²) < 4.78 is 26.8. The maximum absolute atomic E-state index is 12.0. The monoisotopic (exact) mass is 285 g/mol. The average Bonchev–Trinajstić information content (AvgIpc) is 2.28. The van der Waals surface area contributed by atoms with Crippen molar-refractivity contribution in [2.24, 2.45) is 0 Å². The molecule has 2 N–H and O–H groups in total. The molecule has 0 aromatic heterocycles. The number of carbonyl (C=O) groups is 1. The third-order valence-corrected chi connectivity index (χ3v) is 3.91. The zero-order valence-electron chi connectivity index (χ0n) is 11.5. The Morgan fingerprint density at radius 3 is 2.26 bits per heavy atom. The van der Waals surface area contributed by atoms with Gasteiger partial charge in [-0.05, 0) is 40.1 Å². The first-order valence-corrected chi connectivity index (χ1v) is 7.33. The first-order valence-electron chi connectivity index (χ1n) is 5.89. The fourth-order valence-corrected chi connectivity index (χ4v) is 3.11. The van der Waals surface area contributed by atoms with E-state index in [-0.39, 0.29) is 0 Å². The SMILES string of the molecule is CC(C)N1C(=O)c2ccccc2NS1(=O)=O.CNC. The Kier molecular flexibility index (Phi) is 4.90. The van der Waals surface area contributed by atoms with Crippen LogP contribution < -0.4 is 10.0 Å². The molecule has 19 heavy (non-hydrogen) atoms. The van der Waals surface area contributed by atoms with Crippen LogP contribution in [0, 0.1) is 0 Å². The number of fused-ring (bicyclic) bond motifs is 1. The second-order valence-corrected chi connectivity index (χ2v) is 5.90. The van der Waals surface area contributed by atoms with Crippen molar-refractivity contribution < 1.29 is 13.2 Å². The van der Waals surface area contributed by atoms with Gasteiger partial charge in [-0.1, -0.05) is 12.1 Å². The molecule has 0 radical (unpaired) electrons. The van der Waals surface area contributed by atoms with E-state index < -0.39 is 22.2 Å². The second-order valence-electron chi connectivity index (χ2n) is 4.35. The van der Waals surface area contributed by atoms with Crippen LogP contribution in [-0.4, -0.2) is 38.8 Å². The van der Waals surface area contributed by atoms with E-state index in [1.807, 2.05) is 14.1 Å². The number of hydrogen-bond donors (Lipinski definition) is 2. The molecule has 0 aliphatic carbocycles. The lowest BCUT2D eigenvalue weighted by molar-refractivity contribution is 0.0834. The molecule has 1 aliphatic heterocycles. The van der Waals surface area contributed by atoms with Crippen LogP contribution >= 0.6 is 0 Å². The molecule has 1 heterocycles. The number of carbonyl (C=O) groups excluding carboxylic acids is 1. The highest BCUT2D eigenvalue weighted by Crippen LogP contribution is 2.27. The first kappa shape index (κ1) is 15.5. The molecule has 1 amide bonds. The lowest BCUT2D eigenvalue weighted by atomic mass is 10.1. The van der Waals surface area contributed by atoms with Crippen LogP contribution in [-0.2, 0) is 10.2 Å². The summed E-state index contributed by atoms with van der Waals surface area (Å²) in [6.07, 6.45) is 0. The van der Waals surface area contributed by atoms with Crippen LogP contribution in [0.1, 0.15) is 24.2 Å². The van der Waals surface area contributed by atoms with Crippen molar-refractivity contribution >= 4 is 21.8 Å². The third-order valence-electron chi connectivity index (χ3n) is 2.32. The van der Waals surface area contributed by atoms with Gasteiger partial charge in [-0.15, -0.1) is 0 Å². The molecule has 6 nitrogen and oxygen atoms in total. The van der Waals surface area contributed by atoms with Gasteiger partial charge in [0.15, 0.2) is 0 Å². The van der Waals surface area contributed by atoms with Gasteiger partial charge in [-0.25, -0.2) is 4.31 Å². The number of hydrogen-bond acceptors (Lipinski definition) is 4. The zero-order valence-corrected chi connectivity index (χ0v) is 12.3. The van der Waals surface area contributed by atoms with E-state index in [0.29, 0.717) is 11.3 Å². The molecule has 0 spiro atoms. The first-order chi connectivity index (χ1) is 8.85. The van der Waals surface area contributed by atoms with Crippen LogP contribution in [0.25, 0.3) is 0 Å². The highest BCUT2D eigenvalue weighted by atomic mass is 32.2. The average molecular weight is 285 g/mol. The molecule has 0 unspecified atom stereocenters. The van der Waals surface area contributed by atoms with E-state index in [4.69, 9.17) is 0 Å². The summed E-state index contributed by atoms with van der Waals surface area (Å²) in [4.78, 5) is 12.0. The number of amides is 1. The fourth-order valence-electron chi connectivity index (χ4n) is 1.69. The van der Waals surface area contributed by atoms with Crippen molar-refractivity contribution in [3.8, 4) is 0 Å². The van der Waals surface area contributed by atoms with Gasteiger partial charge in [-0.2, -0.15) is 8.42 Å². The minimum atomic E-state index is -3.75. The Hall–Kier alpha value is -1.60. The van der Waals surface area contributed by atoms with E-state index in [1.54, 1.807) is 38.1 Å². The van der Waals surface area contributed by atoms with Gasteiger partial charge >= 0.3 is 10.2 Å². The minimum Gasteiger partial charge on any atom is -0.323 e. The molecule has 1 aliphatic rings. The Morgan fingerprint density at radius 2 is 1.74 bits per heavy atom. The summed E-state index contributed by atoms with van der Waals surface area (Å²) in [5.41, 5.74) is 0.718. The van der Waals surface area contributed by atoms with Crippen molar-refractivity contribution in [1.82, 2.24) is 9.62 Å². The Bertz CT molecular complexity index is 555. The Labute approximate surface area is 114 Å². The Balaban J connectivity index is 0.000000550. The molecule has 0 saturated carbocycles. The molecule has 7 heteroatoms. The molecule has 2 rings (SSSR count). The van der Waals surface area contributed by atoms with Crippen molar-refractivity contribution in [1.29, 1.82) is 0 Å². The summed E-state index contributed by atoms with van der Waals surface area (Å²) in [5, 5.41) is 2.75. The summed E-state index contributed by atoms with van der Waals surface area (Å²) >= 11 is 0. The normalized spacial score (nSPS) is 16.3. The summed E-state index contributed by atoms with van der Waals surface area (Å²) in [6, 6.07) is 6.16. The summed E-state index contributed by atoms with van der Waals surface area (Å²) in [5.74, 6) is -0.482. The van der Waals surface area contributed by atoms with Gasteiger partial charge in [0.2, 0.25) is 0 Å². The maximum atomic E-state index is 12.0. The van der Waals surface area contributed by atoms with Crippen LogP contribution in [0.2, 0.25) is 0 Å². The largest absolute Gasteiger partial charge is 0.326 e. The van der Waals surface area contributed by atoms with Gasteiger partial charge in [0.05, 0.1) is 11.3 Å². The topological polar surface area (TPSA) is 78.5 Å². The van der Waals surface area contributed by atoms with Crippen molar-refractivity contribution in [2.45, 2.75) is 19.9 Å². The molecular formula is C12H19N3O3S. The van der Waals surface area contributed by atoms with Gasteiger partial charge in [0.1, 0.15) is 0 Å². The zero-order chi connectivity index (χ0) is 14.6. The molecular weight excluding hydrogens is 266 g/mol. The second kappa shape index (κ2) is 6.03. The number of benzene rings is 1. The number of nitrogens with one attached hydrogen (secondary N) is 2. The molecule has 1 aromatic rings. The van der Waals surface area contributed by atoms with E-state index in [9.17, 15) is 13.2 Å². The van der Waals surface area contributed by atoms with Crippen LogP contribution in [0.3, 0.4) is 0 Å². The highest BCUT2D eigenvalue weighted by molar-refractivity contribution is 7.91. The number of para-hydroxylation sites is 1. The highest BCUT2D eigenvalue weighted by Gasteiger charge is 2.36. The van der Waals surface area contributed by atoms with Gasteiger partial charge in [-0.3, -0.25) is 9.52 Å². The summed E-state index contributed by atoms with van der Waals surface area (Å²) in [6.45, 7) is 3.32. The molecule has 0 saturated heterocycles. The van der Waals surface area contributed by atoms with Crippen molar-refractivity contribution in [2.75, 3.05) is 18.8 Å². The Morgan fingerprint density at radius 1 is 1.21 bits per heavy atom. The van der Waals surface area contributed by atoms with Crippen molar-refractivity contribution in [3.63, 3.8) is 0 Å². The molecule has 106 valence electrons. The maximum Gasteiger partial charge on any atom is 0.326 e. The van der Waals surface area contributed by atoms with Crippen LogP contribution in [0.5, 0.6) is 0 Å². The standard InChI is InChI=1S/C10H12N2O3S.C2H7N/c1-7(2)12-10(13)8-5-3-4-6-9(8)11-16(12,14)15;1-3-2/h3-7,11H,1-2H3;3H,1-2H3. The van der Waals surface area contributed by atoms with Gasteiger partial charge < -0.3 is 5.32 Å². The lowest BCUT2D eigenvalue weighted by Crippen LogP contribution is -2.48. The summed E-state index contributed by atoms with van der Waals surface area (Å²) in [7, 11) is -0.00160. The third kappa shape index (κ3) is 3.24. The predicted octanol–water partition coefficient (Wildman–Crippen LogP) is 1.04. The number of anilines is 1. The lowest BCUT2D eigenvalue weighted by Gasteiger charge is -2.31. The molecule has 0 fully saturated rings. The van der Waals surface area contributed by atoms with Crippen LogP contribution in [0.4, 0.5) is 5.69 Å². The van der Waals surface area contributed by atoms with E-state index >= 15 is 0 Å². The fraction of sp³-hybridized carbons (Fsp3) is 0.417. The van der Waals surface area contributed by atoms with E-state index in [0.717, 1.165) is 4.31 Å². The van der Waals surface area contributed by atoms with E-state index in [1.165, 1.54) is 0 Å². The van der Waals surface area contributed by atoms with Gasteiger partial charge in [0.25, 0.3) is 5.91 Å². The smallest absolute Gasteiger partial charge is 0.323 e. The minimum absolute atomic E-state index is 0.337. The van der Waals surface area contributed by atoms with E-state index in [2.05, 4.69) is 10.0 Å². The van der Waals surface area contributed by atoms with Crippen molar-refractivity contribution in [3.05, 3.63) is 29.8 Å². The molecule has 1 aromatic carbocycles. The predicted molar refractivity (Wildman–Crippen MR) is 75.3 cm³/mol. The molecule has 0 bridgehead atoms. The number of rotatable bonds is 1. The van der Waals surface area contributed by atoms with Crippen LogP contribution in [0.15, 0.2) is 24.3 Å². The quantitative estimate of drug-likeness (QED) is 0.808. The number of nitrogens with zero attached hydrogens (tertiary/aromatic N) is 1. The van der Waals surface area contributed by atoms with Gasteiger partial charge in [0, 0.05) is 6.04 Å². The molecule has 0 atom stereocenters.